The van der Waals surface area contributed by atoms with E-state index in [1.165, 1.54) is 17.4 Å². The van der Waals surface area contributed by atoms with Crippen molar-refractivity contribution in [2.24, 2.45) is 0 Å². The van der Waals surface area contributed by atoms with Crippen LogP contribution in [0, 0.1) is 18.6 Å². The van der Waals surface area contributed by atoms with Crippen LogP contribution in [0.2, 0.25) is 0 Å². The normalized spacial score (nSPS) is 12.4. The minimum atomic E-state index is -5.10. The summed E-state index contributed by atoms with van der Waals surface area (Å²) in [5.41, 5.74) is -1.51. The maximum atomic E-state index is 13.9. The quantitative estimate of drug-likeness (QED) is 0.572. The number of alkyl halides is 3. The maximum Gasteiger partial charge on any atom is 0.419 e. The van der Waals surface area contributed by atoms with Gasteiger partial charge < -0.3 is 4.98 Å². The van der Waals surface area contributed by atoms with Crippen LogP contribution in [-0.2, 0) is 16.2 Å². The van der Waals surface area contributed by atoms with E-state index in [-0.39, 0.29) is 17.0 Å². The summed E-state index contributed by atoms with van der Waals surface area (Å²) < 4.78 is 91.7. The molecular weight excluding hydrogens is 411 g/mol. The standard InChI is InChI=1S/C16H11F5N2O2S2/c1-8-2-9(7-26-8)14-3-10(6-22-14)27(24,25)23-15-5-12(17)11(4-13(15)18)16(19,20)21/h2-7,22-23H,1H3. The van der Waals surface area contributed by atoms with Crippen molar-refractivity contribution < 1.29 is 30.4 Å². The highest BCUT2D eigenvalue weighted by atomic mass is 32.2. The number of aromatic nitrogens is 1. The Morgan fingerprint density at radius 2 is 1.78 bits per heavy atom. The lowest BCUT2D eigenvalue weighted by Crippen LogP contribution is -2.15. The topological polar surface area (TPSA) is 62.0 Å². The molecule has 0 amide bonds. The Bertz CT molecular complexity index is 1100. The highest BCUT2D eigenvalue weighted by Gasteiger charge is 2.35. The average Bonchev–Trinajstić information content (AvgIpc) is 3.18. The monoisotopic (exact) mass is 422 g/mol. The van der Waals surface area contributed by atoms with E-state index in [0.717, 1.165) is 16.6 Å². The third kappa shape index (κ3) is 3.98. The van der Waals surface area contributed by atoms with Gasteiger partial charge in [-0.2, -0.15) is 13.2 Å². The number of hydrogen-bond donors (Lipinski definition) is 2. The molecule has 144 valence electrons. The average molecular weight is 422 g/mol. The summed E-state index contributed by atoms with van der Waals surface area (Å²) in [6.45, 7) is 1.87. The van der Waals surface area contributed by atoms with Crippen LogP contribution in [0.1, 0.15) is 10.4 Å². The molecule has 0 unspecified atom stereocenters. The van der Waals surface area contributed by atoms with E-state index >= 15 is 0 Å². The number of hydrogen-bond acceptors (Lipinski definition) is 3. The number of halogens is 5. The molecular formula is C16H11F5N2O2S2. The molecule has 2 aromatic heterocycles. The number of aryl methyl sites for hydroxylation is 1. The maximum absolute atomic E-state index is 13.9. The molecule has 0 aliphatic rings. The summed E-state index contributed by atoms with van der Waals surface area (Å²) in [6.07, 6.45) is -3.96. The van der Waals surface area contributed by atoms with Crippen LogP contribution in [0.5, 0.6) is 0 Å². The van der Waals surface area contributed by atoms with Crippen molar-refractivity contribution in [2.75, 3.05) is 4.72 Å². The largest absolute Gasteiger partial charge is 0.419 e. The molecule has 0 atom stereocenters. The first kappa shape index (κ1) is 19.4. The number of rotatable bonds is 4. The fourth-order valence-electron chi connectivity index (χ4n) is 2.33. The number of anilines is 1. The first-order valence-corrected chi connectivity index (χ1v) is 9.66. The number of nitrogens with one attached hydrogen (secondary N) is 2. The van der Waals surface area contributed by atoms with Gasteiger partial charge in [0.1, 0.15) is 16.5 Å². The van der Waals surface area contributed by atoms with E-state index in [1.54, 1.807) is 10.1 Å². The second-order valence-corrected chi connectivity index (χ2v) is 8.41. The Morgan fingerprint density at radius 3 is 2.37 bits per heavy atom. The fraction of sp³-hybridized carbons (Fsp3) is 0.125. The van der Waals surface area contributed by atoms with Crippen molar-refractivity contribution in [1.82, 2.24) is 4.98 Å². The first-order chi connectivity index (χ1) is 12.5. The molecule has 0 saturated carbocycles. The first-order valence-electron chi connectivity index (χ1n) is 7.30. The molecule has 0 spiro atoms. The predicted octanol–water partition coefficient (Wildman–Crippen LogP) is 5.15. The summed E-state index contributed by atoms with van der Waals surface area (Å²) >= 11 is 1.46. The summed E-state index contributed by atoms with van der Waals surface area (Å²) in [6, 6.07) is 3.17. The third-order valence-electron chi connectivity index (χ3n) is 3.61. The van der Waals surface area contributed by atoms with Crippen LogP contribution >= 0.6 is 11.3 Å². The number of aromatic amines is 1. The van der Waals surface area contributed by atoms with Gasteiger partial charge in [-0.25, -0.2) is 17.2 Å². The molecule has 27 heavy (non-hydrogen) atoms. The smallest absolute Gasteiger partial charge is 0.360 e. The molecule has 0 saturated heterocycles. The van der Waals surface area contributed by atoms with Gasteiger partial charge in [0.05, 0.1) is 11.3 Å². The molecule has 11 heteroatoms. The van der Waals surface area contributed by atoms with Gasteiger partial charge in [-0.15, -0.1) is 11.3 Å². The van der Waals surface area contributed by atoms with E-state index in [2.05, 4.69) is 4.98 Å². The van der Waals surface area contributed by atoms with Crippen LogP contribution in [0.25, 0.3) is 11.3 Å². The third-order valence-corrected chi connectivity index (χ3v) is 5.82. The van der Waals surface area contributed by atoms with Crippen molar-refractivity contribution >= 4 is 27.0 Å². The molecule has 1 aromatic carbocycles. The van der Waals surface area contributed by atoms with Crippen molar-refractivity contribution in [2.45, 2.75) is 18.0 Å². The minimum absolute atomic E-state index is 0.0934. The zero-order chi connectivity index (χ0) is 20.0. The van der Waals surface area contributed by atoms with Crippen molar-refractivity contribution in [3.63, 3.8) is 0 Å². The van der Waals surface area contributed by atoms with E-state index in [0.29, 0.717) is 5.69 Å². The summed E-state index contributed by atoms with van der Waals surface area (Å²) in [5, 5.41) is 1.80. The molecule has 0 aliphatic carbocycles. The van der Waals surface area contributed by atoms with Crippen molar-refractivity contribution in [3.8, 4) is 11.3 Å². The van der Waals surface area contributed by atoms with Crippen LogP contribution in [0.15, 0.2) is 40.7 Å². The molecule has 3 rings (SSSR count). The van der Waals surface area contributed by atoms with E-state index in [1.807, 2.05) is 13.0 Å². The van der Waals surface area contributed by atoms with Crippen LogP contribution < -0.4 is 4.72 Å². The second kappa shape index (κ2) is 6.64. The van der Waals surface area contributed by atoms with E-state index < -0.39 is 39.1 Å². The number of sulfonamides is 1. The molecule has 2 N–H and O–H groups in total. The number of thiophene rings is 1. The van der Waals surface area contributed by atoms with Gasteiger partial charge >= 0.3 is 6.18 Å². The fourth-order valence-corrected chi connectivity index (χ4v) is 4.08. The lowest BCUT2D eigenvalue weighted by Gasteiger charge is -2.12. The number of benzene rings is 1. The van der Waals surface area contributed by atoms with Gasteiger partial charge in [0.25, 0.3) is 10.0 Å². The minimum Gasteiger partial charge on any atom is -0.360 e. The lowest BCUT2D eigenvalue weighted by molar-refractivity contribution is -0.140. The molecule has 0 aliphatic heterocycles. The summed E-state index contributed by atoms with van der Waals surface area (Å²) in [4.78, 5) is 3.48. The Labute approximate surface area is 154 Å². The second-order valence-electron chi connectivity index (χ2n) is 5.61. The van der Waals surface area contributed by atoms with Gasteiger partial charge in [0, 0.05) is 33.8 Å². The molecule has 2 heterocycles. The zero-order valence-electron chi connectivity index (χ0n) is 13.5. The van der Waals surface area contributed by atoms with Crippen LogP contribution in [0.4, 0.5) is 27.6 Å². The Hall–Kier alpha value is -2.40. The Morgan fingerprint density at radius 1 is 1.07 bits per heavy atom. The SMILES string of the molecule is Cc1cc(-c2cc(S(=O)(=O)Nc3cc(F)c(C(F)(F)F)cc3F)c[nH]2)cs1. The van der Waals surface area contributed by atoms with E-state index in [4.69, 9.17) is 0 Å². The predicted molar refractivity (Wildman–Crippen MR) is 91.0 cm³/mol. The molecule has 0 fully saturated rings. The Kier molecular flexibility index (Phi) is 4.76. The zero-order valence-corrected chi connectivity index (χ0v) is 15.1. The molecule has 0 radical (unpaired) electrons. The molecule has 3 aromatic rings. The van der Waals surface area contributed by atoms with Gasteiger partial charge in [0.2, 0.25) is 0 Å². The van der Waals surface area contributed by atoms with Crippen molar-refractivity contribution in [1.29, 1.82) is 0 Å². The van der Waals surface area contributed by atoms with Crippen molar-refractivity contribution in [3.05, 3.63) is 57.9 Å². The molecule has 0 bridgehead atoms. The van der Waals surface area contributed by atoms with Crippen LogP contribution in [0.3, 0.4) is 0 Å². The summed E-state index contributed by atoms with van der Waals surface area (Å²) in [7, 11) is -4.35. The number of H-pyrrole nitrogens is 1. The van der Waals surface area contributed by atoms with E-state index in [9.17, 15) is 30.4 Å². The molecule has 4 nitrogen and oxygen atoms in total. The summed E-state index contributed by atoms with van der Waals surface area (Å²) in [5.74, 6) is -3.33. The highest BCUT2D eigenvalue weighted by molar-refractivity contribution is 7.92. The van der Waals surface area contributed by atoms with Gasteiger partial charge in [-0.05, 0) is 25.1 Å². The lowest BCUT2D eigenvalue weighted by atomic mass is 10.2. The van der Waals surface area contributed by atoms with Gasteiger partial charge in [-0.1, -0.05) is 0 Å². The van der Waals surface area contributed by atoms with Crippen LogP contribution in [-0.4, -0.2) is 13.4 Å². The van der Waals surface area contributed by atoms with Gasteiger partial charge in [0.15, 0.2) is 0 Å². The Balaban J connectivity index is 1.91. The highest BCUT2D eigenvalue weighted by Crippen LogP contribution is 2.34. The van der Waals surface area contributed by atoms with Gasteiger partial charge in [-0.3, -0.25) is 4.72 Å².